The number of carbonyl (C=O) groups is 1. The Morgan fingerprint density at radius 1 is 1.05 bits per heavy atom. The molecular weight excluding hydrogens is 260 g/mol. The second-order valence-corrected chi connectivity index (χ2v) is 5.42. The Kier molecular flexibility index (Phi) is 5.15. The van der Waals surface area contributed by atoms with Crippen LogP contribution >= 0.6 is 0 Å². The smallest absolute Gasteiger partial charge is 0.200 e. The largest absolute Gasteiger partial charge is 0.485 e. The SMILES string of the molecule is CCCc1ccc(OCC(=O)c2cc(C)ccc2C)cc1. The number of carbonyl (C=O) groups excluding carboxylic acids is 1. The molecule has 2 nitrogen and oxygen atoms in total. The van der Waals surface area contributed by atoms with Gasteiger partial charge >= 0.3 is 0 Å². The van der Waals surface area contributed by atoms with Gasteiger partial charge in [-0.1, -0.05) is 43.2 Å². The highest BCUT2D eigenvalue weighted by Crippen LogP contribution is 2.15. The highest BCUT2D eigenvalue weighted by atomic mass is 16.5. The van der Waals surface area contributed by atoms with Crippen molar-refractivity contribution in [1.82, 2.24) is 0 Å². The molecule has 0 unspecified atom stereocenters. The van der Waals surface area contributed by atoms with Crippen molar-refractivity contribution in [2.45, 2.75) is 33.6 Å². The van der Waals surface area contributed by atoms with E-state index in [0.717, 1.165) is 35.3 Å². The van der Waals surface area contributed by atoms with E-state index in [2.05, 4.69) is 19.1 Å². The number of benzene rings is 2. The summed E-state index contributed by atoms with van der Waals surface area (Å²) in [6.45, 7) is 6.18. The molecule has 0 aliphatic rings. The second kappa shape index (κ2) is 7.07. The molecule has 0 atom stereocenters. The van der Waals surface area contributed by atoms with E-state index in [1.807, 2.05) is 44.2 Å². The third-order valence-corrected chi connectivity index (χ3v) is 3.53. The minimum absolute atomic E-state index is 0.0221. The Labute approximate surface area is 126 Å². The average molecular weight is 282 g/mol. The zero-order valence-corrected chi connectivity index (χ0v) is 13.0. The lowest BCUT2D eigenvalue weighted by molar-refractivity contribution is 0.0921. The highest BCUT2D eigenvalue weighted by Gasteiger charge is 2.10. The van der Waals surface area contributed by atoms with Crippen molar-refractivity contribution in [2.24, 2.45) is 0 Å². The van der Waals surface area contributed by atoms with Crippen LogP contribution in [0.1, 0.15) is 40.4 Å². The van der Waals surface area contributed by atoms with E-state index >= 15 is 0 Å². The molecule has 2 aromatic carbocycles. The van der Waals surface area contributed by atoms with E-state index < -0.39 is 0 Å². The number of hydrogen-bond donors (Lipinski definition) is 0. The molecule has 2 aromatic rings. The lowest BCUT2D eigenvalue weighted by atomic mass is 10.0. The van der Waals surface area contributed by atoms with Crippen LogP contribution in [0.4, 0.5) is 0 Å². The molecule has 0 heterocycles. The van der Waals surface area contributed by atoms with Gasteiger partial charge in [0.1, 0.15) is 5.75 Å². The normalized spacial score (nSPS) is 10.4. The summed E-state index contributed by atoms with van der Waals surface area (Å²) in [6, 6.07) is 13.9. The van der Waals surface area contributed by atoms with Crippen molar-refractivity contribution < 1.29 is 9.53 Å². The number of hydrogen-bond acceptors (Lipinski definition) is 2. The highest BCUT2D eigenvalue weighted by molar-refractivity contribution is 5.98. The van der Waals surface area contributed by atoms with Crippen LogP contribution in [0.5, 0.6) is 5.75 Å². The molecule has 0 aromatic heterocycles. The van der Waals surface area contributed by atoms with E-state index in [0.29, 0.717) is 0 Å². The average Bonchev–Trinajstić information content (AvgIpc) is 2.49. The van der Waals surface area contributed by atoms with Crippen LogP contribution in [-0.4, -0.2) is 12.4 Å². The van der Waals surface area contributed by atoms with Crippen molar-refractivity contribution in [3.8, 4) is 5.75 Å². The molecule has 0 spiro atoms. The summed E-state index contributed by atoms with van der Waals surface area (Å²) in [6.07, 6.45) is 2.20. The van der Waals surface area contributed by atoms with Crippen LogP contribution in [-0.2, 0) is 6.42 Å². The van der Waals surface area contributed by atoms with Crippen molar-refractivity contribution in [1.29, 1.82) is 0 Å². The fraction of sp³-hybridized carbons (Fsp3) is 0.316. The topological polar surface area (TPSA) is 26.3 Å². The first-order valence-electron chi connectivity index (χ1n) is 7.42. The number of rotatable bonds is 6. The molecule has 2 rings (SSSR count). The Balaban J connectivity index is 1.99. The summed E-state index contributed by atoms with van der Waals surface area (Å²) in [5.74, 6) is 0.766. The standard InChI is InChI=1S/C19H22O2/c1-4-5-16-8-10-17(11-9-16)21-13-19(20)18-12-14(2)6-7-15(18)3/h6-12H,4-5,13H2,1-3H3. The van der Waals surface area contributed by atoms with Gasteiger partial charge in [0.05, 0.1) is 0 Å². The predicted octanol–water partition coefficient (Wildman–Crippen LogP) is 4.52. The van der Waals surface area contributed by atoms with Crippen molar-refractivity contribution >= 4 is 5.78 Å². The molecule has 0 saturated carbocycles. The lowest BCUT2D eigenvalue weighted by Gasteiger charge is -2.09. The van der Waals surface area contributed by atoms with Crippen LogP contribution in [0.3, 0.4) is 0 Å². The molecule has 0 amide bonds. The third kappa shape index (κ3) is 4.19. The van der Waals surface area contributed by atoms with E-state index in [1.165, 1.54) is 5.56 Å². The Bertz CT molecular complexity index is 612. The van der Waals surface area contributed by atoms with Gasteiger partial charge in [-0.05, 0) is 49.6 Å². The summed E-state index contributed by atoms with van der Waals surface area (Å²) >= 11 is 0. The summed E-state index contributed by atoms with van der Waals surface area (Å²) < 4.78 is 5.60. The first-order chi connectivity index (χ1) is 10.1. The quantitative estimate of drug-likeness (QED) is 0.728. The maximum Gasteiger partial charge on any atom is 0.200 e. The fourth-order valence-corrected chi connectivity index (χ4v) is 2.30. The Morgan fingerprint density at radius 2 is 1.76 bits per heavy atom. The number of ketones is 1. The van der Waals surface area contributed by atoms with Gasteiger partial charge in [-0.15, -0.1) is 0 Å². The second-order valence-electron chi connectivity index (χ2n) is 5.42. The van der Waals surface area contributed by atoms with Gasteiger partial charge in [0, 0.05) is 5.56 Å². The Morgan fingerprint density at radius 3 is 2.43 bits per heavy atom. The van der Waals surface area contributed by atoms with Crippen LogP contribution in [0.2, 0.25) is 0 Å². The van der Waals surface area contributed by atoms with E-state index in [4.69, 9.17) is 4.74 Å². The van der Waals surface area contributed by atoms with E-state index in [-0.39, 0.29) is 12.4 Å². The number of Topliss-reactive ketones (excluding diaryl/α,β-unsaturated/α-hetero) is 1. The molecule has 0 bridgehead atoms. The van der Waals surface area contributed by atoms with Crippen LogP contribution in [0.15, 0.2) is 42.5 Å². The monoisotopic (exact) mass is 282 g/mol. The first-order valence-corrected chi connectivity index (χ1v) is 7.42. The van der Waals surface area contributed by atoms with Crippen LogP contribution in [0, 0.1) is 13.8 Å². The van der Waals surface area contributed by atoms with E-state index in [1.54, 1.807) is 0 Å². The molecule has 0 radical (unpaired) electrons. The molecule has 0 aliphatic heterocycles. The van der Waals surface area contributed by atoms with Gasteiger partial charge in [-0.25, -0.2) is 0 Å². The van der Waals surface area contributed by atoms with Gasteiger partial charge in [0.2, 0.25) is 0 Å². The lowest BCUT2D eigenvalue weighted by Crippen LogP contribution is -2.13. The Hall–Kier alpha value is -2.09. The molecule has 0 N–H and O–H groups in total. The zero-order chi connectivity index (χ0) is 15.2. The summed E-state index contributed by atoms with van der Waals surface area (Å²) in [4.78, 5) is 12.2. The maximum absolute atomic E-state index is 12.2. The maximum atomic E-state index is 12.2. The summed E-state index contributed by atoms with van der Waals surface area (Å²) in [5, 5.41) is 0. The van der Waals surface area contributed by atoms with Crippen LogP contribution in [0.25, 0.3) is 0 Å². The minimum atomic E-state index is 0.0221. The number of aryl methyl sites for hydroxylation is 3. The summed E-state index contributed by atoms with van der Waals surface area (Å²) in [7, 11) is 0. The van der Waals surface area contributed by atoms with Gasteiger partial charge < -0.3 is 4.74 Å². The molecule has 0 aliphatic carbocycles. The molecule has 21 heavy (non-hydrogen) atoms. The molecule has 0 saturated heterocycles. The predicted molar refractivity (Wildman–Crippen MR) is 86.2 cm³/mol. The molecular formula is C19H22O2. The van der Waals surface area contributed by atoms with Gasteiger partial charge in [0.25, 0.3) is 0 Å². The first kappa shape index (κ1) is 15.3. The van der Waals surface area contributed by atoms with Crippen molar-refractivity contribution in [2.75, 3.05) is 6.61 Å². The third-order valence-electron chi connectivity index (χ3n) is 3.53. The molecule has 110 valence electrons. The minimum Gasteiger partial charge on any atom is -0.485 e. The van der Waals surface area contributed by atoms with Crippen LogP contribution < -0.4 is 4.74 Å². The summed E-state index contributed by atoms with van der Waals surface area (Å²) in [5.41, 5.74) is 4.13. The van der Waals surface area contributed by atoms with Gasteiger partial charge in [0.15, 0.2) is 12.4 Å². The van der Waals surface area contributed by atoms with E-state index in [9.17, 15) is 4.79 Å². The van der Waals surface area contributed by atoms with Crippen molar-refractivity contribution in [3.05, 3.63) is 64.7 Å². The number of ether oxygens (including phenoxy) is 1. The molecule has 0 fully saturated rings. The van der Waals surface area contributed by atoms with Gasteiger partial charge in [-0.2, -0.15) is 0 Å². The van der Waals surface area contributed by atoms with Crippen molar-refractivity contribution in [3.63, 3.8) is 0 Å². The van der Waals surface area contributed by atoms with Gasteiger partial charge in [-0.3, -0.25) is 4.79 Å². The fourth-order valence-electron chi connectivity index (χ4n) is 2.30. The zero-order valence-electron chi connectivity index (χ0n) is 13.0. The molecule has 2 heteroatoms.